The predicted octanol–water partition coefficient (Wildman–Crippen LogP) is 3.87. The minimum atomic E-state index is -1.09. The summed E-state index contributed by atoms with van der Waals surface area (Å²) in [5.41, 5.74) is 1.24. The van der Waals surface area contributed by atoms with Crippen LogP contribution in [0, 0.1) is 5.82 Å². The number of methoxy groups -OCH3 is 1. The van der Waals surface area contributed by atoms with Gasteiger partial charge in [0.2, 0.25) is 0 Å². The van der Waals surface area contributed by atoms with Gasteiger partial charge in [-0.05, 0) is 43.2 Å². The van der Waals surface area contributed by atoms with Gasteiger partial charge in [0.25, 0.3) is 0 Å². The van der Waals surface area contributed by atoms with E-state index < -0.39 is 5.60 Å². The van der Waals surface area contributed by atoms with Gasteiger partial charge in [0, 0.05) is 30.6 Å². The van der Waals surface area contributed by atoms with Crippen molar-refractivity contribution in [1.29, 1.82) is 0 Å². The first-order valence-electron chi connectivity index (χ1n) is 9.21. The van der Waals surface area contributed by atoms with Crippen molar-refractivity contribution in [2.75, 3.05) is 20.2 Å². The van der Waals surface area contributed by atoms with Crippen molar-refractivity contribution < 1.29 is 14.2 Å². The fraction of sp³-hybridized carbons (Fsp3) is 0.318. The maximum Gasteiger partial charge on any atom is 0.129 e. The topological polar surface area (TPSA) is 45.6 Å². The summed E-state index contributed by atoms with van der Waals surface area (Å²) in [6.07, 6.45) is 1.03. The number of rotatable bonds is 4. The maximum absolute atomic E-state index is 14.1. The average Bonchev–Trinajstić information content (AvgIpc) is 2.70. The number of piperidine rings is 1. The van der Waals surface area contributed by atoms with Crippen LogP contribution in [-0.2, 0) is 12.1 Å². The molecule has 1 saturated heterocycles. The van der Waals surface area contributed by atoms with Crippen LogP contribution in [0.2, 0.25) is 0 Å². The van der Waals surface area contributed by atoms with Crippen LogP contribution in [0.15, 0.2) is 54.6 Å². The molecule has 5 heteroatoms. The number of benzene rings is 2. The molecule has 0 spiro atoms. The highest BCUT2D eigenvalue weighted by Gasteiger charge is 2.35. The Morgan fingerprint density at radius 2 is 1.89 bits per heavy atom. The van der Waals surface area contributed by atoms with Crippen LogP contribution in [0.5, 0.6) is 5.75 Å². The summed E-state index contributed by atoms with van der Waals surface area (Å²) in [6, 6.07) is 16.5. The molecule has 1 aromatic heterocycles. The van der Waals surface area contributed by atoms with E-state index in [0.717, 1.165) is 28.9 Å². The maximum atomic E-state index is 14.1. The lowest BCUT2D eigenvalue weighted by atomic mass is 9.84. The number of nitrogens with zero attached hydrogens (tertiary/aromatic N) is 2. The molecule has 1 aliphatic heterocycles. The van der Waals surface area contributed by atoms with Gasteiger partial charge in [0.15, 0.2) is 0 Å². The number of fused-ring (bicyclic) bond motifs is 1. The van der Waals surface area contributed by atoms with Crippen LogP contribution in [-0.4, -0.2) is 35.2 Å². The molecular weight excluding hydrogens is 343 g/mol. The molecule has 1 fully saturated rings. The molecule has 0 saturated carbocycles. The predicted molar refractivity (Wildman–Crippen MR) is 103 cm³/mol. The molecule has 4 nitrogen and oxygen atoms in total. The van der Waals surface area contributed by atoms with Gasteiger partial charge in [-0.1, -0.05) is 24.3 Å². The molecule has 0 aliphatic carbocycles. The van der Waals surface area contributed by atoms with Gasteiger partial charge >= 0.3 is 0 Å². The van der Waals surface area contributed by atoms with Crippen LogP contribution >= 0.6 is 0 Å². The van der Waals surface area contributed by atoms with Gasteiger partial charge in [0.05, 0.1) is 23.9 Å². The Morgan fingerprint density at radius 1 is 1.11 bits per heavy atom. The van der Waals surface area contributed by atoms with Crippen molar-refractivity contribution in [2.24, 2.45) is 0 Å². The van der Waals surface area contributed by atoms with E-state index in [4.69, 9.17) is 9.72 Å². The van der Waals surface area contributed by atoms with E-state index in [-0.39, 0.29) is 5.82 Å². The van der Waals surface area contributed by atoms with Gasteiger partial charge in [-0.3, -0.25) is 9.88 Å². The average molecular weight is 366 g/mol. The van der Waals surface area contributed by atoms with Crippen molar-refractivity contribution in [3.8, 4) is 5.75 Å². The van der Waals surface area contributed by atoms with Crippen molar-refractivity contribution in [3.05, 3.63) is 71.7 Å². The zero-order valence-electron chi connectivity index (χ0n) is 15.4. The standard InChI is InChI=1S/C22H23FN2O2/c1-27-18-8-9-21-16(14-18)6-7-17(24-21)15-25-12-10-22(26,11-13-25)19-4-2-3-5-20(19)23/h2-9,14,26H,10-13,15H2,1H3. The Labute approximate surface area is 158 Å². The number of hydrogen-bond acceptors (Lipinski definition) is 4. The third-order valence-electron chi connectivity index (χ3n) is 5.40. The van der Waals surface area contributed by atoms with Crippen LogP contribution in [0.4, 0.5) is 4.39 Å². The van der Waals surface area contributed by atoms with Gasteiger partial charge in [-0.2, -0.15) is 0 Å². The molecule has 0 amide bonds. The molecule has 2 aromatic carbocycles. The Kier molecular flexibility index (Phi) is 4.81. The molecule has 0 unspecified atom stereocenters. The third-order valence-corrected chi connectivity index (χ3v) is 5.40. The second-order valence-corrected chi connectivity index (χ2v) is 7.15. The zero-order valence-corrected chi connectivity index (χ0v) is 15.4. The van der Waals surface area contributed by atoms with E-state index in [9.17, 15) is 9.50 Å². The summed E-state index contributed by atoms with van der Waals surface area (Å²) < 4.78 is 19.3. The fourth-order valence-corrected chi connectivity index (χ4v) is 3.78. The van der Waals surface area contributed by atoms with Crippen molar-refractivity contribution in [1.82, 2.24) is 9.88 Å². The van der Waals surface area contributed by atoms with Crippen molar-refractivity contribution >= 4 is 10.9 Å². The van der Waals surface area contributed by atoms with Gasteiger partial charge in [0.1, 0.15) is 11.6 Å². The minimum Gasteiger partial charge on any atom is -0.497 e. The van der Waals surface area contributed by atoms with Gasteiger partial charge in [-0.15, -0.1) is 0 Å². The number of ether oxygens (including phenoxy) is 1. The van der Waals surface area contributed by atoms with E-state index in [0.29, 0.717) is 31.5 Å². The SMILES string of the molecule is COc1ccc2nc(CN3CCC(O)(c4ccccc4F)CC3)ccc2c1. The molecule has 4 rings (SSSR count). The number of hydrogen-bond donors (Lipinski definition) is 1. The summed E-state index contributed by atoms with van der Waals surface area (Å²) in [6.45, 7) is 2.12. The van der Waals surface area contributed by atoms with Crippen molar-refractivity contribution in [2.45, 2.75) is 25.0 Å². The first-order chi connectivity index (χ1) is 13.1. The highest BCUT2D eigenvalue weighted by molar-refractivity contribution is 5.80. The zero-order chi connectivity index (χ0) is 18.9. The quantitative estimate of drug-likeness (QED) is 0.761. The monoisotopic (exact) mass is 366 g/mol. The second kappa shape index (κ2) is 7.25. The third kappa shape index (κ3) is 3.66. The number of likely N-dealkylation sites (tertiary alicyclic amines) is 1. The second-order valence-electron chi connectivity index (χ2n) is 7.15. The highest BCUT2D eigenvalue weighted by Crippen LogP contribution is 2.34. The smallest absolute Gasteiger partial charge is 0.129 e. The van der Waals surface area contributed by atoms with Crippen LogP contribution < -0.4 is 4.74 Å². The molecule has 0 atom stereocenters. The van der Waals surface area contributed by atoms with E-state index in [1.165, 1.54) is 6.07 Å². The van der Waals surface area contributed by atoms with E-state index in [1.807, 2.05) is 24.3 Å². The number of aromatic nitrogens is 1. The number of aliphatic hydroxyl groups is 1. The molecule has 140 valence electrons. The molecule has 27 heavy (non-hydrogen) atoms. The molecule has 2 heterocycles. The summed E-state index contributed by atoms with van der Waals surface area (Å²) in [4.78, 5) is 6.99. The Hall–Kier alpha value is -2.50. The molecule has 3 aromatic rings. The summed E-state index contributed by atoms with van der Waals surface area (Å²) in [7, 11) is 1.65. The van der Waals surface area contributed by atoms with E-state index in [2.05, 4.69) is 11.0 Å². The van der Waals surface area contributed by atoms with E-state index >= 15 is 0 Å². The minimum absolute atomic E-state index is 0.333. The van der Waals surface area contributed by atoms with Gasteiger partial charge < -0.3 is 9.84 Å². The lowest BCUT2D eigenvalue weighted by Crippen LogP contribution is -2.42. The molecular formula is C22H23FN2O2. The van der Waals surface area contributed by atoms with Crippen LogP contribution in [0.25, 0.3) is 10.9 Å². The Bertz CT molecular complexity index is 952. The summed E-state index contributed by atoms with van der Waals surface area (Å²) in [5.74, 6) is 0.487. The lowest BCUT2D eigenvalue weighted by Gasteiger charge is -2.38. The molecule has 1 aliphatic rings. The summed E-state index contributed by atoms with van der Waals surface area (Å²) >= 11 is 0. The molecule has 0 bridgehead atoms. The Morgan fingerprint density at radius 3 is 2.63 bits per heavy atom. The normalized spacial score (nSPS) is 17.1. The highest BCUT2D eigenvalue weighted by atomic mass is 19.1. The fourth-order valence-electron chi connectivity index (χ4n) is 3.78. The van der Waals surface area contributed by atoms with Crippen molar-refractivity contribution in [3.63, 3.8) is 0 Å². The summed E-state index contributed by atoms with van der Waals surface area (Å²) in [5, 5.41) is 12.0. The molecule has 1 N–H and O–H groups in total. The number of pyridine rings is 1. The van der Waals surface area contributed by atoms with Crippen LogP contribution in [0.3, 0.4) is 0 Å². The van der Waals surface area contributed by atoms with Crippen LogP contribution in [0.1, 0.15) is 24.1 Å². The van der Waals surface area contributed by atoms with E-state index in [1.54, 1.807) is 25.3 Å². The Balaban J connectivity index is 1.45. The first kappa shape index (κ1) is 17.9. The largest absolute Gasteiger partial charge is 0.497 e. The lowest BCUT2D eigenvalue weighted by molar-refractivity contribution is -0.0304. The first-order valence-corrected chi connectivity index (χ1v) is 9.21. The van der Waals surface area contributed by atoms with Gasteiger partial charge in [-0.25, -0.2) is 4.39 Å². The molecule has 0 radical (unpaired) electrons. The number of halogens is 1.